The van der Waals surface area contributed by atoms with E-state index in [2.05, 4.69) is 57.6 Å². The summed E-state index contributed by atoms with van der Waals surface area (Å²) in [7, 11) is 1.99. The Morgan fingerprint density at radius 2 is 2.17 bits per heavy atom. The lowest BCUT2D eigenvalue weighted by molar-refractivity contribution is 0.297. The SMILES string of the molecule is CC.CNC1C=CC=C2C=C(C3=NCC(CO)S3)NC2C1.SC1=CCC=CC=N1. The number of aliphatic imine (C=N–C) groups is 2. The number of rotatable bonds is 3. The van der Waals surface area contributed by atoms with E-state index in [1.807, 2.05) is 39.1 Å². The molecular formula is C22H32N4OS2. The maximum atomic E-state index is 9.17. The molecule has 3 N–H and O–H groups in total. The summed E-state index contributed by atoms with van der Waals surface area (Å²) in [6.45, 7) is 4.92. The minimum absolute atomic E-state index is 0.196. The third-order valence-corrected chi connectivity index (χ3v) is 6.05. The lowest BCUT2D eigenvalue weighted by Gasteiger charge is -2.18. The van der Waals surface area contributed by atoms with Gasteiger partial charge in [0.15, 0.2) is 0 Å². The Kier molecular flexibility index (Phi) is 10.6. The molecule has 0 spiro atoms. The molecule has 0 aromatic carbocycles. The fraction of sp³-hybridized carbons (Fsp3) is 0.455. The van der Waals surface area contributed by atoms with Crippen LogP contribution in [0.5, 0.6) is 0 Å². The van der Waals surface area contributed by atoms with E-state index in [0.29, 0.717) is 12.1 Å². The number of hydrogen-bond acceptors (Lipinski definition) is 7. The Labute approximate surface area is 184 Å². The van der Waals surface area contributed by atoms with Crippen LogP contribution in [-0.2, 0) is 0 Å². The normalized spacial score (nSPS) is 26.9. The molecule has 5 nitrogen and oxygen atoms in total. The molecule has 158 valence electrons. The average molecular weight is 433 g/mol. The molecule has 0 radical (unpaired) electrons. The van der Waals surface area contributed by atoms with Crippen molar-refractivity contribution in [1.82, 2.24) is 10.6 Å². The number of aliphatic hydroxyl groups excluding tert-OH is 1. The number of aliphatic hydroxyl groups is 1. The van der Waals surface area contributed by atoms with E-state index in [1.54, 1.807) is 18.0 Å². The van der Waals surface area contributed by atoms with Gasteiger partial charge in [0, 0.05) is 12.3 Å². The van der Waals surface area contributed by atoms with Gasteiger partial charge in [-0.15, -0.1) is 12.6 Å². The molecule has 0 bridgehead atoms. The predicted octanol–water partition coefficient (Wildman–Crippen LogP) is 3.64. The second kappa shape index (κ2) is 12.9. The average Bonchev–Trinajstić information content (AvgIpc) is 3.26. The molecular weight excluding hydrogens is 400 g/mol. The second-order valence-electron chi connectivity index (χ2n) is 6.51. The largest absolute Gasteiger partial charge is 0.395 e. The minimum Gasteiger partial charge on any atom is -0.395 e. The number of nitrogens with zero attached hydrogens (tertiary/aromatic N) is 2. The van der Waals surface area contributed by atoms with Crippen molar-refractivity contribution >= 4 is 35.6 Å². The topological polar surface area (TPSA) is 69.0 Å². The zero-order valence-corrected chi connectivity index (χ0v) is 19.1. The van der Waals surface area contributed by atoms with Crippen LogP contribution in [0.2, 0.25) is 0 Å². The van der Waals surface area contributed by atoms with Gasteiger partial charge in [-0.05, 0) is 43.7 Å². The van der Waals surface area contributed by atoms with Gasteiger partial charge in [0.05, 0.1) is 35.2 Å². The highest BCUT2D eigenvalue weighted by atomic mass is 32.2. The van der Waals surface area contributed by atoms with Gasteiger partial charge in [0.1, 0.15) is 5.04 Å². The van der Waals surface area contributed by atoms with Crippen LogP contribution in [0.3, 0.4) is 0 Å². The third kappa shape index (κ3) is 7.33. The Morgan fingerprint density at radius 1 is 1.34 bits per heavy atom. The molecule has 0 amide bonds. The van der Waals surface area contributed by atoms with Crippen molar-refractivity contribution in [2.45, 2.75) is 44.0 Å². The molecule has 0 saturated heterocycles. The van der Waals surface area contributed by atoms with Crippen LogP contribution in [0.15, 0.2) is 68.8 Å². The summed E-state index contributed by atoms with van der Waals surface area (Å²) < 4.78 is 0. The smallest absolute Gasteiger partial charge is 0.114 e. The standard InChI is InChI=1S/C14H19N3OS.C6H7NS.C2H6/c1-15-10-4-2-3-9-5-13(17-12(9)6-10)14-16-7-11(8-18)19-14;8-6-4-2-1-3-5-7-6;1-2/h2-5,10-12,15,17-18H,6-8H2,1H3;1,3-5,8H,2H2;1-2H3. The first-order valence-corrected chi connectivity index (χ1v) is 11.5. The summed E-state index contributed by atoms with van der Waals surface area (Å²) in [5.41, 5.74) is 2.43. The van der Waals surface area contributed by atoms with Crippen molar-refractivity contribution in [3.63, 3.8) is 0 Å². The van der Waals surface area contributed by atoms with Crippen LogP contribution < -0.4 is 10.6 Å². The van der Waals surface area contributed by atoms with E-state index in [-0.39, 0.29) is 11.9 Å². The zero-order valence-electron chi connectivity index (χ0n) is 17.4. The van der Waals surface area contributed by atoms with E-state index in [1.165, 1.54) is 5.57 Å². The molecule has 3 unspecified atom stereocenters. The molecule has 0 aromatic heterocycles. The van der Waals surface area contributed by atoms with Crippen LogP contribution in [0.1, 0.15) is 26.7 Å². The van der Waals surface area contributed by atoms with Crippen LogP contribution in [-0.4, -0.2) is 53.9 Å². The number of thioether (sulfide) groups is 1. The van der Waals surface area contributed by atoms with Crippen molar-refractivity contribution in [3.05, 3.63) is 58.8 Å². The third-order valence-electron chi connectivity index (χ3n) is 4.55. The second-order valence-corrected chi connectivity index (χ2v) is 8.26. The molecule has 3 heterocycles. The lowest BCUT2D eigenvalue weighted by atomic mass is 10.0. The molecule has 7 heteroatoms. The predicted molar refractivity (Wildman–Crippen MR) is 131 cm³/mol. The lowest BCUT2D eigenvalue weighted by Crippen LogP contribution is -2.34. The van der Waals surface area contributed by atoms with Gasteiger partial charge < -0.3 is 15.7 Å². The van der Waals surface area contributed by atoms with Gasteiger partial charge in [-0.1, -0.05) is 49.9 Å². The molecule has 0 fully saturated rings. The van der Waals surface area contributed by atoms with Crippen LogP contribution >= 0.6 is 24.4 Å². The zero-order chi connectivity index (χ0) is 21.1. The van der Waals surface area contributed by atoms with E-state index in [4.69, 9.17) is 0 Å². The van der Waals surface area contributed by atoms with Gasteiger partial charge in [-0.2, -0.15) is 0 Å². The number of allylic oxidation sites excluding steroid dienone is 5. The molecule has 3 atom stereocenters. The monoisotopic (exact) mass is 432 g/mol. The van der Waals surface area contributed by atoms with Crippen molar-refractivity contribution in [1.29, 1.82) is 0 Å². The van der Waals surface area contributed by atoms with Gasteiger partial charge in [-0.25, -0.2) is 0 Å². The number of likely N-dealkylation sites (N-methyl/N-ethyl adjacent to an activating group) is 1. The summed E-state index contributed by atoms with van der Waals surface area (Å²) in [5, 5.41) is 18.1. The maximum Gasteiger partial charge on any atom is 0.114 e. The van der Waals surface area contributed by atoms with Gasteiger partial charge in [-0.3, -0.25) is 9.98 Å². The van der Waals surface area contributed by atoms with Gasteiger partial charge >= 0.3 is 0 Å². The Bertz CT molecular complexity index is 747. The molecule has 3 aliphatic heterocycles. The highest BCUT2D eigenvalue weighted by Gasteiger charge is 2.29. The van der Waals surface area contributed by atoms with Gasteiger partial charge in [0.2, 0.25) is 0 Å². The van der Waals surface area contributed by atoms with Crippen molar-refractivity contribution in [2.75, 3.05) is 20.2 Å². The summed E-state index contributed by atoms with van der Waals surface area (Å²) >= 11 is 5.73. The van der Waals surface area contributed by atoms with Crippen molar-refractivity contribution in [3.8, 4) is 0 Å². The number of thiol groups is 1. The molecule has 4 rings (SSSR count). The van der Waals surface area contributed by atoms with Crippen LogP contribution in [0.4, 0.5) is 0 Å². The fourth-order valence-corrected chi connectivity index (χ4v) is 4.16. The first kappa shape index (κ1) is 23.7. The Morgan fingerprint density at radius 3 is 2.90 bits per heavy atom. The molecule has 0 aromatic rings. The minimum atomic E-state index is 0.196. The molecule has 4 aliphatic rings. The summed E-state index contributed by atoms with van der Waals surface area (Å²) in [6, 6.07) is 0.765. The van der Waals surface area contributed by atoms with E-state index >= 15 is 0 Å². The first-order chi connectivity index (χ1) is 14.2. The van der Waals surface area contributed by atoms with Crippen LogP contribution in [0.25, 0.3) is 0 Å². The molecule has 0 saturated carbocycles. The summed E-state index contributed by atoms with van der Waals surface area (Å²) in [6.07, 6.45) is 18.3. The van der Waals surface area contributed by atoms with E-state index in [9.17, 15) is 5.11 Å². The van der Waals surface area contributed by atoms with Crippen molar-refractivity contribution in [2.24, 2.45) is 9.98 Å². The van der Waals surface area contributed by atoms with Gasteiger partial charge in [0.25, 0.3) is 0 Å². The fourth-order valence-electron chi connectivity index (χ4n) is 3.06. The highest BCUT2D eigenvalue weighted by molar-refractivity contribution is 8.15. The van der Waals surface area contributed by atoms with Crippen molar-refractivity contribution < 1.29 is 5.11 Å². The van der Waals surface area contributed by atoms with Crippen LogP contribution in [0, 0.1) is 0 Å². The quantitative estimate of drug-likeness (QED) is 0.514. The maximum absolute atomic E-state index is 9.17. The van der Waals surface area contributed by atoms with E-state index < -0.39 is 0 Å². The Balaban J connectivity index is 0.000000252. The first-order valence-electron chi connectivity index (χ1n) is 10.1. The molecule has 29 heavy (non-hydrogen) atoms. The summed E-state index contributed by atoms with van der Waals surface area (Å²) in [4.78, 5) is 8.46. The highest BCUT2D eigenvalue weighted by Crippen LogP contribution is 2.30. The number of fused-ring (bicyclic) bond motifs is 1. The summed E-state index contributed by atoms with van der Waals surface area (Å²) in [5.74, 6) is 0. The Hall–Kier alpha value is -1.54. The van der Waals surface area contributed by atoms with E-state index in [0.717, 1.165) is 35.2 Å². The number of hydrogen-bond donors (Lipinski definition) is 4. The molecule has 1 aliphatic carbocycles. The number of nitrogens with one attached hydrogen (secondary N) is 2.